The molecule has 34 heavy (non-hydrogen) atoms. The fourth-order valence-electron chi connectivity index (χ4n) is 3.66. The van der Waals surface area contributed by atoms with Gasteiger partial charge in [0.05, 0.1) is 11.9 Å². The number of hydrogen-bond donors (Lipinski definition) is 1. The molecule has 7 nitrogen and oxygen atoms in total. The van der Waals surface area contributed by atoms with Crippen molar-refractivity contribution in [1.82, 2.24) is 10.2 Å². The summed E-state index contributed by atoms with van der Waals surface area (Å²) in [5, 5.41) is 2.92. The summed E-state index contributed by atoms with van der Waals surface area (Å²) in [5.41, 5.74) is 2.81. The molecule has 2 aromatic carbocycles. The Kier molecular flexibility index (Phi) is 9.70. The maximum absolute atomic E-state index is 13.6. The molecule has 0 aliphatic carbocycles. The zero-order valence-corrected chi connectivity index (χ0v) is 23.0. The molecule has 9 heteroatoms. The van der Waals surface area contributed by atoms with Crippen molar-refractivity contribution in [2.75, 3.05) is 17.1 Å². The number of nitrogens with one attached hydrogen (secondary N) is 1. The number of aryl methyl sites for hydroxylation is 2. The Balaban J connectivity index is 2.45. The third-order valence-corrected chi connectivity index (χ3v) is 7.38. The summed E-state index contributed by atoms with van der Waals surface area (Å²) in [5.74, 6) is -0.740. The van der Waals surface area contributed by atoms with E-state index in [9.17, 15) is 18.0 Å². The molecule has 2 atom stereocenters. The quantitative estimate of drug-likeness (QED) is 0.480. The largest absolute Gasteiger partial charge is 0.352 e. The third-order valence-electron chi connectivity index (χ3n) is 5.78. The highest BCUT2D eigenvalue weighted by Crippen LogP contribution is 2.27. The van der Waals surface area contributed by atoms with E-state index in [4.69, 9.17) is 0 Å². The summed E-state index contributed by atoms with van der Waals surface area (Å²) in [7, 11) is -3.76. The Morgan fingerprint density at radius 3 is 2.18 bits per heavy atom. The first-order valence-corrected chi connectivity index (χ1v) is 13.9. The van der Waals surface area contributed by atoms with E-state index < -0.39 is 28.5 Å². The molecular weight excluding hydrogens is 518 g/mol. The van der Waals surface area contributed by atoms with E-state index >= 15 is 0 Å². The molecule has 0 saturated heterocycles. The van der Waals surface area contributed by atoms with E-state index in [1.165, 1.54) is 4.90 Å². The monoisotopic (exact) mass is 551 g/mol. The lowest BCUT2D eigenvalue weighted by Gasteiger charge is -2.32. The number of rotatable bonds is 10. The van der Waals surface area contributed by atoms with Gasteiger partial charge < -0.3 is 10.2 Å². The van der Waals surface area contributed by atoms with Gasteiger partial charge in [0.25, 0.3) is 0 Å². The van der Waals surface area contributed by atoms with Crippen molar-refractivity contribution in [2.45, 2.75) is 59.7 Å². The number of nitrogens with zero attached hydrogens (tertiary/aromatic N) is 2. The average Bonchev–Trinajstić information content (AvgIpc) is 2.75. The van der Waals surface area contributed by atoms with Crippen LogP contribution in [0.15, 0.2) is 46.9 Å². The number of para-hydroxylation sites is 1. The van der Waals surface area contributed by atoms with Gasteiger partial charge in [0, 0.05) is 17.1 Å². The van der Waals surface area contributed by atoms with E-state index in [1.807, 2.05) is 70.2 Å². The Morgan fingerprint density at radius 1 is 1.06 bits per heavy atom. The zero-order chi connectivity index (χ0) is 25.6. The molecule has 0 saturated carbocycles. The van der Waals surface area contributed by atoms with Gasteiger partial charge in [-0.2, -0.15) is 0 Å². The SMILES string of the molecule is CCC(C)NC(=O)C(C)N(Cc1cccc(Br)c1)C(=O)CN(c1c(C)cccc1C)S(C)(=O)=O. The van der Waals surface area contributed by atoms with Gasteiger partial charge in [-0.15, -0.1) is 0 Å². The Morgan fingerprint density at radius 2 is 1.65 bits per heavy atom. The number of hydrogen-bond acceptors (Lipinski definition) is 4. The number of carbonyl (C=O) groups excluding carboxylic acids is 2. The predicted octanol–water partition coefficient (Wildman–Crippen LogP) is 4.16. The number of amides is 2. The van der Waals surface area contributed by atoms with Crippen LogP contribution in [0.1, 0.15) is 43.9 Å². The van der Waals surface area contributed by atoms with Gasteiger partial charge >= 0.3 is 0 Å². The van der Waals surface area contributed by atoms with Crippen LogP contribution in [0.25, 0.3) is 0 Å². The molecule has 0 aromatic heterocycles. The highest BCUT2D eigenvalue weighted by molar-refractivity contribution is 9.10. The van der Waals surface area contributed by atoms with Crippen molar-refractivity contribution in [2.24, 2.45) is 0 Å². The Hall–Kier alpha value is -2.39. The number of sulfonamides is 1. The standard InChI is InChI=1S/C25H34BrN3O4S/c1-7-19(4)27-25(31)20(5)28(15-21-12-9-13-22(26)14-21)23(30)16-29(34(6,32)33)24-17(2)10-8-11-18(24)3/h8-14,19-20H,7,15-16H2,1-6H3,(H,27,31). The van der Waals surface area contributed by atoms with Crippen molar-refractivity contribution in [1.29, 1.82) is 0 Å². The molecule has 186 valence electrons. The second-order valence-electron chi connectivity index (χ2n) is 8.66. The van der Waals surface area contributed by atoms with E-state index in [1.54, 1.807) is 6.92 Å². The van der Waals surface area contributed by atoms with Crippen molar-refractivity contribution < 1.29 is 18.0 Å². The number of anilines is 1. The first-order valence-electron chi connectivity index (χ1n) is 11.2. The second kappa shape index (κ2) is 11.8. The molecule has 2 unspecified atom stereocenters. The summed E-state index contributed by atoms with van der Waals surface area (Å²) in [6.07, 6.45) is 1.84. The fourth-order valence-corrected chi connectivity index (χ4v) is 5.07. The topological polar surface area (TPSA) is 86.8 Å². The Bertz CT molecular complexity index is 1120. The van der Waals surface area contributed by atoms with Crippen LogP contribution in [0.4, 0.5) is 5.69 Å². The first kappa shape index (κ1) is 27.9. The maximum Gasteiger partial charge on any atom is 0.244 e. The van der Waals surface area contributed by atoms with E-state index in [0.29, 0.717) is 5.69 Å². The second-order valence-corrected chi connectivity index (χ2v) is 11.5. The van der Waals surface area contributed by atoms with Gasteiger partial charge in [-0.3, -0.25) is 13.9 Å². The average molecular weight is 553 g/mol. The van der Waals surface area contributed by atoms with Crippen LogP contribution >= 0.6 is 15.9 Å². The van der Waals surface area contributed by atoms with Crippen LogP contribution in [-0.2, 0) is 26.2 Å². The molecule has 2 aromatic rings. The molecule has 2 amide bonds. The minimum absolute atomic E-state index is 0.0418. The zero-order valence-electron chi connectivity index (χ0n) is 20.6. The molecule has 0 bridgehead atoms. The molecule has 2 rings (SSSR count). The molecule has 0 aliphatic heterocycles. The molecule has 0 heterocycles. The normalized spacial score (nSPS) is 13.1. The highest BCUT2D eigenvalue weighted by Gasteiger charge is 2.31. The minimum atomic E-state index is -3.76. The van der Waals surface area contributed by atoms with Crippen LogP contribution in [0, 0.1) is 13.8 Å². The lowest BCUT2D eigenvalue weighted by Crippen LogP contribution is -2.52. The van der Waals surface area contributed by atoms with Gasteiger partial charge in [-0.25, -0.2) is 8.42 Å². The molecule has 0 fully saturated rings. The van der Waals surface area contributed by atoms with Crippen LogP contribution < -0.4 is 9.62 Å². The molecule has 1 N–H and O–H groups in total. The van der Waals surface area contributed by atoms with Gasteiger partial charge in [-0.05, 0) is 62.9 Å². The highest BCUT2D eigenvalue weighted by atomic mass is 79.9. The van der Waals surface area contributed by atoms with Gasteiger partial charge in [-0.1, -0.05) is 53.2 Å². The minimum Gasteiger partial charge on any atom is -0.352 e. The lowest BCUT2D eigenvalue weighted by atomic mass is 10.1. The van der Waals surface area contributed by atoms with Crippen LogP contribution in [0.5, 0.6) is 0 Å². The smallest absolute Gasteiger partial charge is 0.244 e. The van der Waals surface area contributed by atoms with E-state index in [2.05, 4.69) is 21.2 Å². The number of carbonyl (C=O) groups is 2. The van der Waals surface area contributed by atoms with Crippen molar-refractivity contribution >= 4 is 43.5 Å². The van der Waals surface area contributed by atoms with Gasteiger partial charge in [0.2, 0.25) is 21.8 Å². The number of halogens is 1. The summed E-state index contributed by atoms with van der Waals surface area (Å²) < 4.78 is 27.5. The first-order chi connectivity index (χ1) is 15.8. The summed E-state index contributed by atoms with van der Waals surface area (Å²) in [6, 6.07) is 12.1. The van der Waals surface area contributed by atoms with Crippen LogP contribution in [0.3, 0.4) is 0 Å². The predicted molar refractivity (Wildman–Crippen MR) is 140 cm³/mol. The van der Waals surface area contributed by atoms with Crippen LogP contribution in [-0.4, -0.2) is 50.0 Å². The molecule has 0 spiro atoms. The lowest BCUT2D eigenvalue weighted by molar-refractivity contribution is -0.139. The number of benzene rings is 2. The molecule has 0 radical (unpaired) electrons. The van der Waals surface area contributed by atoms with Gasteiger partial charge in [0.1, 0.15) is 12.6 Å². The maximum atomic E-state index is 13.6. The van der Waals surface area contributed by atoms with Gasteiger partial charge in [0.15, 0.2) is 0 Å². The van der Waals surface area contributed by atoms with Crippen molar-refractivity contribution in [3.8, 4) is 0 Å². The summed E-state index contributed by atoms with van der Waals surface area (Å²) in [4.78, 5) is 28.0. The summed E-state index contributed by atoms with van der Waals surface area (Å²) in [6.45, 7) is 8.92. The Labute approximate surface area is 211 Å². The van der Waals surface area contributed by atoms with Crippen molar-refractivity contribution in [3.05, 3.63) is 63.6 Å². The van der Waals surface area contributed by atoms with Crippen LogP contribution in [0.2, 0.25) is 0 Å². The fraction of sp³-hybridized carbons (Fsp3) is 0.440. The third kappa shape index (κ3) is 7.30. The van der Waals surface area contributed by atoms with E-state index in [0.717, 1.165) is 38.1 Å². The molecule has 0 aliphatic rings. The van der Waals surface area contributed by atoms with E-state index in [-0.39, 0.29) is 18.5 Å². The van der Waals surface area contributed by atoms with Crippen molar-refractivity contribution in [3.63, 3.8) is 0 Å². The summed E-state index contributed by atoms with van der Waals surface area (Å²) >= 11 is 3.44. The molecular formula is C25H34BrN3O4S.